The van der Waals surface area contributed by atoms with Crippen molar-refractivity contribution in [2.45, 2.75) is 19.4 Å². The van der Waals surface area contributed by atoms with Gasteiger partial charge in [0.2, 0.25) is 0 Å². The van der Waals surface area contributed by atoms with Crippen molar-refractivity contribution in [2.75, 3.05) is 7.05 Å². The second-order valence-corrected chi connectivity index (χ2v) is 3.02. The average molecular weight is 204 g/mol. The molecular weight excluding hydrogens is 189 g/mol. The summed E-state index contributed by atoms with van der Waals surface area (Å²) in [6.45, 7) is 2.07. The van der Waals surface area contributed by atoms with Crippen molar-refractivity contribution in [1.29, 1.82) is 0 Å². The smallest absolute Gasteiger partial charge is 0.123 e. The van der Waals surface area contributed by atoms with E-state index in [0.29, 0.717) is 6.04 Å². The first-order valence-corrected chi connectivity index (χ1v) is 4.14. The van der Waals surface area contributed by atoms with E-state index in [1.165, 1.54) is 6.07 Å². The Hall–Kier alpha value is -0.600. The van der Waals surface area contributed by atoms with E-state index in [1.54, 1.807) is 12.1 Å². The molecule has 0 saturated carbocycles. The Morgan fingerprint density at radius 2 is 2.15 bits per heavy atom. The number of rotatable bonds is 3. The number of hydrogen-bond acceptors (Lipinski definition) is 1. The minimum atomic E-state index is -0.157. The van der Waals surface area contributed by atoms with Gasteiger partial charge in [-0.1, -0.05) is 12.1 Å². The Morgan fingerprint density at radius 1 is 1.46 bits per heavy atom. The Labute approximate surface area is 84.8 Å². The molecule has 0 heterocycles. The molecule has 1 rings (SSSR count). The van der Waals surface area contributed by atoms with Crippen LogP contribution in [0, 0.1) is 5.82 Å². The van der Waals surface area contributed by atoms with E-state index >= 15 is 0 Å². The monoisotopic (exact) mass is 203 g/mol. The van der Waals surface area contributed by atoms with E-state index in [1.807, 2.05) is 13.1 Å². The van der Waals surface area contributed by atoms with Crippen LogP contribution in [0.3, 0.4) is 0 Å². The average Bonchev–Trinajstić information content (AvgIpc) is 2.04. The highest BCUT2D eigenvalue weighted by atomic mass is 35.5. The summed E-state index contributed by atoms with van der Waals surface area (Å²) in [6.07, 6.45) is 0.869. The molecule has 0 radical (unpaired) electrons. The first-order chi connectivity index (χ1) is 5.72. The molecule has 0 amide bonds. The van der Waals surface area contributed by atoms with Crippen LogP contribution in [0.25, 0.3) is 0 Å². The van der Waals surface area contributed by atoms with Crippen LogP contribution in [-0.2, 0) is 6.42 Å². The van der Waals surface area contributed by atoms with Gasteiger partial charge in [-0.05, 0) is 38.1 Å². The van der Waals surface area contributed by atoms with E-state index in [0.717, 1.165) is 12.0 Å². The zero-order chi connectivity index (χ0) is 8.97. The number of likely N-dealkylation sites (N-methyl/N-ethyl adjacent to an activating group) is 1. The summed E-state index contributed by atoms with van der Waals surface area (Å²) in [5.74, 6) is -0.157. The van der Waals surface area contributed by atoms with Crippen LogP contribution in [0.5, 0.6) is 0 Å². The third-order valence-corrected chi connectivity index (χ3v) is 1.92. The van der Waals surface area contributed by atoms with Crippen LogP contribution in [0.1, 0.15) is 12.5 Å². The quantitative estimate of drug-likeness (QED) is 0.796. The van der Waals surface area contributed by atoms with Crippen molar-refractivity contribution in [3.05, 3.63) is 35.6 Å². The standard InChI is InChI=1S/C10H14FN.ClH/c1-8(12-2)6-9-4-3-5-10(11)7-9;/h3-5,7-8,12H,6H2,1-2H3;1H. The van der Waals surface area contributed by atoms with E-state index in [2.05, 4.69) is 12.2 Å². The first kappa shape index (κ1) is 12.4. The number of hydrogen-bond donors (Lipinski definition) is 1. The second-order valence-electron chi connectivity index (χ2n) is 3.02. The molecule has 0 aromatic heterocycles. The van der Waals surface area contributed by atoms with Crippen LogP contribution in [0.2, 0.25) is 0 Å². The van der Waals surface area contributed by atoms with Gasteiger partial charge in [0.1, 0.15) is 5.82 Å². The molecule has 13 heavy (non-hydrogen) atoms. The lowest BCUT2D eigenvalue weighted by Gasteiger charge is -2.09. The van der Waals surface area contributed by atoms with E-state index in [9.17, 15) is 4.39 Å². The molecule has 0 aliphatic rings. The summed E-state index contributed by atoms with van der Waals surface area (Å²) >= 11 is 0. The highest BCUT2D eigenvalue weighted by Crippen LogP contribution is 2.05. The molecule has 1 aromatic carbocycles. The SMILES string of the molecule is CNC(C)Cc1cccc(F)c1.Cl. The molecule has 1 N–H and O–H groups in total. The van der Waals surface area contributed by atoms with Crippen molar-refractivity contribution in [1.82, 2.24) is 5.32 Å². The van der Waals surface area contributed by atoms with Gasteiger partial charge in [-0.15, -0.1) is 12.4 Å². The van der Waals surface area contributed by atoms with Crippen molar-refractivity contribution in [2.24, 2.45) is 0 Å². The molecule has 0 aliphatic carbocycles. The maximum atomic E-state index is 12.7. The topological polar surface area (TPSA) is 12.0 Å². The Balaban J connectivity index is 0.00000144. The number of benzene rings is 1. The molecule has 1 aromatic rings. The Bertz CT molecular complexity index is 252. The normalized spacial score (nSPS) is 11.9. The Kier molecular flexibility index (Phi) is 5.67. The van der Waals surface area contributed by atoms with Crippen LogP contribution >= 0.6 is 12.4 Å². The predicted octanol–water partition coefficient (Wildman–Crippen LogP) is 2.40. The van der Waals surface area contributed by atoms with Gasteiger partial charge in [-0.3, -0.25) is 0 Å². The van der Waals surface area contributed by atoms with Gasteiger partial charge >= 0.3 is 0 Å². The molecule has 1 unspecified atom stereocenters. The molecule has 0 fully saturated rings. The second kappa shape index (κ2) is 5.95. The zero-order valence-electron chi connectivity index (χ0n) is 7.88. The van der Waals surface area contributed by atoms with Gasteiger partial charge in [0.15, 0.2) is 0 Å². The highest BCUT2D eigenvalue weighted by Gasteiger charge is 2.00. The third kappa shape index (κ3) is 4.25. The lowest BCUT2D eigenvalue weighted by atomic mass is 10.1. The molecule has 0 aliphatic heterocycles. The molecule has 74 valence electrons. The summed E-state index contributed by atoms with van der Waals surface area (Å²) < 4.78 is 12.7. The maximum absolute atomic E-state index is 12.7. The molecule has 1 nitrogen and oxygen atoms in total. The van der Waals surface area contributed by atoms with E-state index < -0.39 is 0 Å². The van der Waals surface area contributed by atoms with Gasteiger partial charge in [0, 0.05) is 6.04 Å². The molecular formula is C10H15ClFN. The molecule has 1 atom stereocenters. The van der Waals surface area contributed by atoms with Gasteiger partial charge in [0.05, 0.1) is 0 Å². The van der Waals surface area contributed by atoms with Crippen LogP contribution < -0.4 is 5.32 Å². The van der Waals surface area contributed by atoms with Crippen molar-refractivity contribution in [3.63, 3.8) is 0 Å². The molecule has 0 bridgehead atoms. The van der Waals surface area contributed by atoms with E-state index in [4.69, 9.17) is 0 Å². The fraction of sp³-hybridized carbons (Fsp3) is 0.400. The third-order valence-electron chi connectivity index (χ3n) is 1.92. The molecule has 0 spiro atoms. The summed E-state index contributed by atoms with van der Waals surface area (Å²) in [5, 5.41) is 3.11. The number of nitrogens with one attached hydrogen (secondary N) is 1. The van der Waals surface area contributed by atoms with Crippen molar-refractivity contribution >= 4 is 12.4 Å². The lowest BCUT2D eigenvalue weighted by Crippen LogP contribution is -2.23. The predicted molar refractivity (Wildman–Crippen MR) is 55.9 cm³/mol. The largest absolute Gasteiger partial charge is 0.317 e. The fourth-order valence-corrected chi connectivity index (χ4v) is 1.12. The maximum Gasteiger partial charge on any atom is 0.123 e. The van der Waals surface area contributed by atoms with Gasteiger partial charge in [-0.2, -0.15) is 0 Å². The van der Waals surface area contributed by atoms with Crippen molar-refractivity contribution in [3.8, 4) is 0 Å². The minimum absolute atomic E-state index is 0. The summed E-state index contributed by atoms with van der Waals surface area (Å²) in [5.41, 5.74) is 1.04. The van der Waals surface area contributed by atoms with Crippen LogP contribution in [0.15, 0.2) is 24.3 Å². The van der Waals surface area contributed by atoms with Gasteiger partial charge in [0.25, 0.3) is 0 Å². The summed E-state index contributed by atoms with van der Waals surface area (Å²) in [7, 11) is 1.91. The highest BCUT2D eigenvalue weighted by molar-refractivity contribution is 5.85. The molecule has 0 saturated heterocycles. The van der Waals surface area contributed by atoms with Crippen molar-refractivity contribution < 1.29 is 4.39 Å². The lowest BCUT2D eigenvalue weighted by molar-refractivity contribution is 0.597. The van der Waals surface area contributed by atoms with E-state index in [-0.39, 0.29) is 18.2 Å². The van der Waals surface area contributed by atoms with Gasteiger partial charge < -0.3 is 5.32 Å². The fourth-order valence-electron chi connectivity index (χ4n) is 1.12. The van der Waals surface area contributed by atoms with Crippen LogP contribution in [-0.4, -0.2) is 13.1 Å². The Morgan fingerprint density at radius 3 is 2.69 bits per heavy atom. The van der Waals surface area contributed by atoms with Crippen LogP contribution in [0.4, 0.5) is 4.39 Å². The summed E-state index contributed by atoms with van der Waals surface area (Å²) in [4.78, 5) is 0. The van der Waals surface area contributed by atoms with Gasteiger partial charge in [-0.25, -0.2) is 4.39 Å². The molecule has 3 heteroatoms. The first-order valence-electron chi connectivity index (χ1n) is 4.14. The number of halogens is 2. The zero-order valence-corrected chi connectivity index (χ0v) is 8.70. The minimum Gasteiger partial charge on any atom is -0.317 e. The summed E-state index contributed by atoms with van der Waals surface area (Å²) in [6, 6.07) is 7.12.